The third-order valence-electron chi connectivity index (χ3n) is 4.77. The molecule has 0 aromatic heterocycles. The minimum atomic E-state index is -0.354. The molecule has 0 amide bonds. The van der Waals surface area contributed by atoms with Gasteiger partial charge in [0.2, 0.25) is 0 Å². The van der Waals surface area contributed by atoms with E-state index in [1.807, 2.05) is 0 Å². The molecule has 0 aliphatic heterocycles. The second kappa shape index (κ2) is 16.7. The summed E-state index contributed by atoms with van der Waals surface area (Å²) in [7, 11) is 3.59. The van der Waals surface area contributed by atoms with Crippen molar-refractivity contribution in [2.75, 3.05) is 27.3 Å². The molecule has 0 bridgehead atoms. The van der Waals surface area contributed by atoms with Gasteiger partial charge in [0.15, 0.2) is 5.79 Å². The Balaban J connectivity index is 3.74. The molecule has 0 atom stereocenters. The zero-order chi connectivity index (χ0) is 17.2. The zero-order valence-electron chi connectivity index (χ0n) is 16.4. The van der Waals surface area contributed by atoms with Gasteiger partial charge in [-0.15, -0.1) is 0 Å². The highest BCUT2D eigenvalue weighted by Gasteiger charge is 2.28. The second-order valence-corrected chi connectivity index (χ2v) is 6.75. The van der Waals surface area contributed by atoms with Crippen LogP contribution in [0.1, 0.15) is 97.3 Å². The lowest BCUT2D eigenvalue weighted by Gasteiger charge is -2.31. The van der Waals surface area contributed by atoms with Crippen LogP contribution in [0.5, 0.6) is 0 Å². The summed E-state index contributed by atoms with van der Waals surface area (Å²) in [6.07, 6.45) is 16.3. The van der Waals surface area contributed by atoms with Crippen LogP contribution in [0.15, 0.2) is 0 Å². The molecule has 0 unspecified atom stereocenters. The number of ether oxygens (including phenoxy) is 2. The number of rotatable bonds is 18. The maximum atomic E-state index is 5.73. The molecule has 0 aromatic carbocycles. The van der Waals surface area contributed by atoms with Crippen LogP contribution in [0.2, 0.25) is 0 Å². The SMILES string of the molecule is CCCCCCCCCC(CCCCNCCCC)(OC)OC. The molecule has 0 fully saturated rings. The summed E-state index contributed by atoms with van der Waals surface area (Å²) in [5, 5.41) is 3.50. The molecule has 0 saturated heterocycles. The van der Waals surface area contributed by atoms with E-state index in [-0.39, 0.29) is 5.79 Å². The van der Waals surface area contributed by atoms with Gasteiger partial charge in [-0.25, -0.2) is 0 Å². The highest BCUT2D eigenvalue weighted by Crippen LogP contribution is 2.26. The van der Waals surface area contributed by atoms with Gasteiger partial charge in [0.25, 0.3) is 0 Å². The molecule has 0 spiro atoms. The lowest BCUT2D eigenvalue weighted by molar-refractivity contribution is -0.216. The highest BCUT2D eigenvalue weighted by molar-refractivity contribution is 4.70. The van der Waals surface area contributed by atoms with Crippen molar-refractivity contribution in [1.82, 2.24) is 5.32 Å². The summed E-state index contributed by atoms with van der Waals surface area (Å²) >= 11 is 0. The maximum absolute atomic E-state index is 5.73. The van der Waals surface area contributed by atoms with Crippen LogP contribution in [-0.2, 0) is 9.47 Å². The topological polar surface area (TPSA) is 30.5 Å². The van der Waals surface area contributed by atoms with E-state index in [0.717, 1.165) is 32.4 Å². The van der Waals surface area contributed by atoms with Crippen LogP contribution in [0.3, 0.4) is 0 Å². The van der Waals surface area contributed by atoms with Crippen molar-refractivity contribution >= 4 is 0 Å². The van der Waals surface area contributed by atoms with Gasteiger partial charge >= 0.3 is 0 Å². The third kappa shape index (κ3) is 12.9. The number of nitrogens with one attached hydrogen (secondary N) is 1. The summed E-state index contributed by atoms with van der Waals surface area (Å²) in [5.41, 5.74) is 0. The summed E-state index contributed by atoms with van der Waals surface area (Å²) in [6, 6.07) is 0. The molecule has 0 rings (SSSR count). The molecular weight excluding hydrogens is 286 g/mol. The predicted molar refractivity (Wildman–Crippen MR) is 101 cm³/mol. The Morgan fingerprint density at radius 3 is 1.65 bits per heavy atom. The largest absolute Gasteiger partial charge is 0.353 e. The summed E-state index contributed by atoms with van der Waals surface area (Å²) in [5.74, 6) is -0.354. The first-order valence-corrected chi connectivity index (χ1v) is 10.1. The van der Waals surface area contributed by atoms with Gasteiger partial charge in [0.05, 0.1) is 0 Å². The highest BCUT2D eigenvalue weighted by atomic mass is 16.7. The molecule has 140 valence electrons. The van der Waals surface area contributed by atoms with Crippen LogP contribution >= 0.6 is 0 Å². The van der Waals surface area contributed by atoms with Gasteiger partial charge in [0, 0.05) is 27.1 Å². The van der Waals surface area contributed by atoms with Crippen LogP contribution < -0.4 is 5.32 Å². The van der Waals surface area contributed by atoms with Crippen molar-refractivity contribution in [1.29, 1.82) is 0 Å². The molecule has 23 heavy (non-hydrogen) atoms. The van der Waals surface area contributed by atoms with Gasteiger partial charge in [-0.3, -0.25) is 0 Å². The first-order valence-electron chi connectivity index (χ1n) is 10.1. The van der Waals surface area contributed by atoms with Crippen molar-refractivity contribution < 1.29 is 9.47 Å². The quantitative estimate of drug-likeness (QED) is 0.259. The number of hydrogen-bond acceptors (Lipinski definition) is 3. The first-order chi connectivity index (χ1) is 11.2. The van der Waals surface area contributed by atoms with Crippen LogP contribution in [0.4, 0.5) is 0 Å². The molecule has 0 aromatic rings. The molecule has 1 N–H and O–H groups in total. The first kappa shape index (κ1) is 22.9. The minimum Gasteiger partial charge on any atom is -0.353 e. The van der Waals surface area contributed by atoms with Crippen molar-refractivity contribution in [3.63, 3.8) is 0 Å². The van der Waals surface area contributed by atoms with E-state index in [9.17, 15) is 0 Å². The number of methoxy groups -OCH3 is 2. The molecule has 0 saturated carbocycles. The van der Waals surface area contributed by atoms with E-state index in [4.69, 9.17) is 9.47 Å². The van der Waals surface area contributed by atoms with Gasteiger partial charge in [0.1, 0.15) is 0 Å². The molecular formula is C20H43NO2. The van der Waals surface area contributed by atoms with Crippen LogP contribution in [0, 0.1) is 0 Å². The van der Waals surface area contributed by atoms with Crippen molar-refractivity contribution in [3.8, 4) is 0 Å². The molecule has 0 radical (unpaired) electrons. The Morgan fingerprint density at radius 2 is 1.09 bits per heavy atom. The smallest absolute Gasteiger partial charge is 0.167 e. The Labute approximate surface area is 145 Å². The molecule has 0 heterocycles. The second-order valence-electron chi connectivity index (χ2n) is 6.75. The number of unbranched alkanes of at least 4 members (excludes halogenated alkanes) is 8. The molecule has 3 nitrogen and oxygen atoms in total. The predicted octanol–water partition coefficient (Wildman–Crippen LogP) is 5.68. The summed E-state index contributed by atoms with van der Waals surface area (Å²) in [4.78, 5) is 0. The lowest BCUT2D eigenvalue weighted by Crippen LogP contribution is -2.34. The zero-order valence-corrected chi connectivity index (χ0v) is 16.4. The van der Waals surface area contributed by atoms with Gasteiger partial charge in [-0.1, -0.05) is 58.8 Å². The van der Waals surface area contributed by atoms with E-state index in [1.54, 1.807) is 14.2 Å². The van der Waals surface area contributed by atoms with Gasteiger partial charge in [-0.05, 0) is 38.8 Å². The van der Waals surface area contributed by atoms with Gasteiger partial charge < -0.3 is 14.8 Å². The van der Waals surface area contributed by atoms with Crippen molar-refractivity contribution in [2.24, 2.45) is 0 Å². The van der Waals surface area contributed by atoms with Crippen molar-refractivity contribution in [2.45, 2.75) is 103 Å². The van der Waals surface area contributed by atoms with Crippen LogP contribution in [-0.4, -0.2) is 33.1 Å². The monoisotopic (exact) mass is 329 g/mol. The normalized spacial score (nSPS) is 12.0. The Kier molecular flexibility index (Phi) is 16.6. The fourth-order valence-electron chi connectivity index (χ4n) is 3.04. The van der Waals surface area contributed by atoms with Crippen molar-refractivity contribution in [3.05, 3.63) is 0 Å². The average molecular weight is 330 g/mol. The summed E-state index contributed by atoms with van der Waals surface area (Å²) < 4.78 is 11.5. The number of hydrogen-bond donors (Lipinski definition) is 1. The van der Waals surface area contributed by atoms with E-state index in [2.05, 4.69) is 19.2 Å². The average Bonchev–Trinajstić information content (AvgIpc) is 2.58. The summed E-state index contributed by atoms with van der Waals surface area (Å²) in [6.45, 7) is 6.76. The minimum absolute atomic E-state index is 0.354. The van der Waals surface area contributed by atoms with E-state index in [0.29, 0.717) is 0 Å². The fraction of sp³-hybridized carbons (Fsp3) is 1.00. The Hall–Kier alpha value is -0.120. The third-order valence-corrected chi connectivity index (χ3v) is 4.77. The maximum Gasteiger partial charge on any atom is 0.167 e. The molecule has 3 heteroatoms. The van der Waals surface area contributed by atoms with E-state index >= 15 is 0 Å². The Bertz CT molecular complexity index is 210. The lowest BCUT2D eigenvalue weighted by atomic mass is 10.00. The van der Waals surface area contributed by atoms with Crippen LogP contribution in [0.25, 0.3) is 0 Å². The standard InChI is InChI=1S/C20H43NO2/c1-5-7-9-10-11-12-13-16-20(22-3,23-4)17-14-15-19-21-18-8-6-2/h21H,5-19H2,1-4H3. The van der Waals surface area contributed by atoms with Gasteiger partial charge in [-0.2, -0.15) is 0 Å². The van der Waals surface area contributed by atoms with E-state index in [1.165, 1.54) is 64.2 Å². The fourth-order valence-corrected chi connectivity index (χ4v) is 3.04. The molecule has 0 aliphatic rings. The molecule has 0 aliphatic carbocycles. The van der Waals surface area contributed by atoms with E-state index < -0.39 is 0 Å². The Morgan fingerprint density at radius 1 is 0.609 bits per heavy atom.